The Kier molecular flexibility index (Phi) is 9.24. The molecule has 0 spiro atoms. The first-order valence-corrected chi connectivity index (χ1v) is 13.3. The second-order valence-electron chi connectivity index (χ2n) is 10.1. The molecule has 6 nitrogen and oxygen atoms in total. The number of ether oxygens (including phenoxy) is 1. The maximum atomic E-state index is 12.6. The van der Waals surface area contributed by atoms with Crippen LogP contribution in [0.25, 0.3) is 0 Å². The summed E-state index contributed by atoms with van der Waals surface area (Å²) in [5, 5.41) is 12.9. The van der Waals surface area contributed by atoms with Crippen LogP contribution < -0.4 is 10.1 Å². The van der Waals surface area contributed by atoms with Crippen molar-refractivity contribution in [3.63, 3.8) is 0 Å². The molecule has 0 aliphatic heterocycles. The van der Waals surface area contributed by atoms with E-state index in [0.717, 1.165) is 29.7 Å². The predicted molar refractivity (Wildman–Crippen MR) is 135 cm³/mol. The quantitative estimate of drug-likeness (QED) is 0.431. The van der Waals surface area contributed by atoms with Gasteiger partial charge in [0, 0.05) is 12.6 Å². The molecule has 1 aliphatic carbocycles. The molecule has 1 fully saturated rings. The molecule has 0 bridgehead atoms. The molecule has 1 saturated carbocycles. The van der Waals surface area contributed by atoms with Gasteiger partial charge in [0.2, 0.25) is 5.91 Å². The Balaban J connectivity index is 1.65. The third-order valence-corrected chi connectivity index (χ3v) is 7.27. The van der Waals surface area contributed by atoms with Crippen LogP contribution in [0.2, 0.25) is 0 Å². The summed E-state index contributed by atoms with van der Waals surface area (Å²) in [6.07, 6.45) is 4.51. The minimum absolute atomic E-state index is 0.0777. The van der Waals surface area contributed by atoms with Gasteiger partial charge >= 0.3 is 0 Å². The van der Waals surface area contributed by atoms with Crippen LogP contribution in [-0.4, -0.2) is 32.5 Å². The first-order chi connectivity index (χ1) is 15.7. The minimum Gasteiger partial charge on any atom is -0.483 e. The van der Waals surface area contributed by atoms with Crippen molar-refractivity contribution in [2.45, 2.75) is 97.0 Å². The molecule has 0 radical (unpaired) electrons. The maximum absolute atomic E-state index is 12.6. The lowest BCUT2D eigenvalue weighted by Gasteiger charge is -2.29. The normalized spacial score (nSPS) is 19.6. The van der Waals surface area contributed by atoms with E-state index in [0.29, 0.717) is 29.5 Å². The molecular formula is C26H40N4O2S. The number of nitrogens with zero attached hydrogens (tertiary/aromatic N) is 3. The van der Waals surface area contributed by atoms with Gasteiger partial charge in [-0.1, -0.05) is 71.4 Å². The average Bonchev–Trinajstić information content (AvgIpc) is 3.16. The van der Waals surface area contributed by atoms with E-state index in [9.17, 15) is 4.79 Å². The topological polar surface area (TPSA) is 69.0 Å². The van der Waals surface area contributed by atoms with E-state index in [1.807, 2.05) is 19.1 Å². The van der Waals surface area contributed by atoms with Crippen molar-refractivity contribution < 1.29 is 9.53 Å². The molecule has 1 aromatic heterocycles. The molecule has 1 heterocycles. The molecule has 7 heteroatoms. The third-order valence-electron chi connectivity index (χ3n) is 6.31. The minimum atomic E-state index is -0.243. The van der Waals surface area contributed by atoms with Crippen LogP contribution >= 0.6 is 11.8 Å². The summed E-state index contributed by atoms with van der Waals surface area (Å²) >= 11 is 1.46. The summed E-state index contributed by atoms with van der Waals surface area (Å²) in [4.78, 5) is 12.6. The highest BCUT2D eigenvalue weighted by Crippen LogP contribution is 2.27. The molecule has 3 atom stereocenters. The highest BCUT2D eigenvalue weighted by Gasteiger charge is 2.24. The number of benzene rings is 1. The monoisotopic (exact) mass is 472 g/mol. The number of amides is 1. The van der Waals surface area contributed by atoms with Crippen LogP contribution in [0.3, 0.4) is 0 Å². The van der Waals surface area contributed by atoms with E-state index >= 15 is 0 Å². The van der Waals surface area contributed by atoms with E-state index < -0.39 is 0 Å². The van der Waals surface area contributed by atoms with E-state index in [4.69, 9.17) is 4.74 Å². The van der Waals surface area contributed by atoms with Gasteiger partial charge in [-0.2, -0.15) is 0 Å². The second-order valence-corrected chi connectivity index (χ2v) is 11.0. The van der Waals surface area contributed by atoms with Crippen LogP contribution in [0, 0.1) is 11.8 Å². The zero-order valence-electron chi connectivity index (χ0n) is 21.0. The standard InChI is InChI=1S/C26H40N4O2S/c1-17(2)15-30-25(20(6)32-22-13-11-21(12-14-22)18(3)4)28-29-26(30)33-16-24(31)27-23-10-8-7-9-19(23)5/h11-14,17-20,23H,7-10,15-16H2,1-6H3,(H,27,31). The van der Waals surface area contributed by atoms with Crippen LogP contribution in [0.1, 0.15) is 90.6 Å². The lowest BCUT2D eigenvalue weighted by molar-refractivity contribution is -0.119. The smallest absolute Gasteiger partial charge is 0.230 e. The maximum Gasteiger partial charge on any atom is 0.230 e. The highest BCUT2D eigenvalue weighted by molar-refractivity contribution is 7.99. The summed E-state index contributed by atoms with van der Waals surface area (Å²) < 4.78 is 8.31. The fourth-order valence-corrected chi connectivity index (χ4v) is 5.11. The molecular weight excluding hydrogens is 432 g/mol. The Morgan fingerprint density at radius 1 is 1.12 bits per heavy atom. The second kappa shape index (κ2) is 11.9. The first-order valence-electron chi connectivity index (χ1n) is 12.4. The Labute approximate surface area is 203 Å². The summed E-state index contributed by atoms with van der Waals surface area (Å²) in [6.45, 7) is 13.7. The number of rotatable bonds is 10. The zero-order valence-corrected chi connectivity index (χ0v) is 21.8. The van der Waals surface area contributed by atoms with Gasteiger partial charge in [-0.3, -0.25) is 4.79 Å². The van der Waals surface area contributed by atoms with Crippen molar-refractivity contribution in [3.8, 4) is 5.75 Å². The van der Waals surface area contributed by atoms with Crippen molar-refractivity contribution in [2.75, 3.05) is 5.75 Å². The Morgan fingerprint density at radius 3 is 2.45 bits per heavy atom. The lowest BCUT2D eigenvalue weighted by atomic mass is 9.86. The van der Waals surface area contributed by atoms with Gasteiger partial charge in [0.15, 0.2) is 17.1 Å². The van der Waals surface area contributed by atoms with Crippen molar-refractivity contribution in [1.82, 2.24) is 20.1 Å². The van der Waals surface area contributed by atoms with Gasteiger partial charge in [0.25, 0.3) is 0 Å². The first kappa shape index (κ1) is 25.6. The van der Waals surface area contributed by atoms with Gasteiger partial charge in [0.1, 0.15) is 5.75 Å². The van der Waals surface area contributed by atoms with E-state index in [-0.39, 0.29) is 12.0 Å². The van der Waals surface area contributed by atoms with Gasteiger partial charge in [-0.05, 0) is 55.2 Å². The number of hydrogen-bond acceptors (Lipinski definition) is 5. The molecule has 1 amide bonds. The van der Waals surface area contributed by atoms with Crippen molar-refractivity contribution in [2.24, 2.45) is 11.8 Å². The van der Waals surface area contributed by atoms with Gasteiger partial charge in [-0.25, -0.2) is 0 Å². The molecule has 1 N–H and O–H groups in total. The van der Waals surface area contributed by atoms with E-state index in [2.05, 4.69) is 66.8 Å². The molecule has 182 valence electrons. The summed E-state index contributed by atoms with van der Waals surface area (Å²) in [7, 11) is 0. The van der Waals surface area contributed by atoms with Crippen LogP contribution in [0.4, 0.5) is 0 Å². The Morgan fingerprint density at radius 2 is 1.82 bits per heavy atom. The number of thioether (sulfide) groups is 1. The third kappa shape index (κ3) is 7.23. The summed E-state index contributed by atoms with van der Waals surface area (Å²) in [5.74, 6) is 3.51. The molecule has 3 unspecified atom stereocenters. The molecule has 3 rings (SSSR count). The van der Waals surface area contributed by atoms with Crippen molar-refractivity contribution >= 4 is 17.7 Å². The van der Waals surface area contributed by atoms with E-state index in [1.165, 1.54) is 36.6 Å². The highest BCUT2D eigenvalue weighted by atomic mass is 32.2. The number of hydrogen-bond donors (Lipinski definition) is 1. The Hall–Kier alpha value is -2.02. The van der Waals surface area contributed by atoms with Crippen LogP contribution in [-0.2, 0) is 11.3 Å². The fourth-order valence-electron chi connectivity index (χ4n) is 4.34. The molecule has 0 saturated heterocycles. The number of nitrogens with one attached hydrogen (secondary N) is 1. The number of aromatic nitrogens is 3. The van der Waals surface area contributed by atoms with E-state index in [1.54, 1.807) is 0 Å². The number of carbonyl (C=O) groups excluding carboxylic acids is 1. The number of carbonyl (C=O) groups is 1. The Bertz CT molecular complexity index is 894. The van der Waals surface area contributed by atoms with Crippen molar-refractivity contribution in [3.05, 3.63) is 35.7 Å². The zero-order chi connectivity index (χ0) is 24.0. The average molecular weight is 473 g/mol. The largest absolute Gasteiger partial charge is 0.483 e. The molecule has 1 aromatic carbocycles. The summed E-state index contributed by atoms with van der Waals surface area (Å²) in [5.41, 5.74) is 1.29. The SMILES string of the molecule is CC(C)Cn1c(SCC(=O)NC2CCCCC2C)nnc1C(C)Oc1ccc(C(C)C)cc1. The van der Waals surface area contributed by atoms with Crippen LogP contribution in [0.15, 0.2) is 29.4 Å². The molecule has 2 aromatic rings. The molecule has 33 heavy (non-hydrogen) atoms. The summed E-state index contributed by atoms with van der Waals surface area (Å²) in [6, 6.07) is 8.55. The lowest BCUT2D eigenvalue weighted by Crippen LogP contribution is -2.41. The van der Waals surface area contributed by atoms with Gasteiger partial charge in [-0.15, -0.1) is 10.2 Å². The molecule has 1 aliphatic rings. The van der Waals surface area contributed by atoms with Crippen molar-refractivity contribution in [1.29, 1.82) is 0 Å². The van der Waals surface area contributed by atoms with Crippen LogP contribution in [0.5, 0.6) is 5.75 Å². The van der Waals surface area contributed by atoms with Gasteiger partial charge < -0.3 is 14.6 Å². The predicted octanol–water partition coefficient (Wildman–Crippen LogP) is 5.98. The van der Waals surface area contributed by atoms with Gasteiger partial charge in [0.05, 0.1) is 5.75 Å². The fraction of sp³-hybridized carbons (Fsp3) is 0.654.